The third-order valence-corrected chi connectivity index (χ3v) is 3.23. The molecule has 0 bridgehead atoms. The van der Waals surface area contributed by atoms with Gasteiger partial charge in [-0.2, -0.15) is 0 Å². The zero-order valence-electron chi connectivity index (χ0n) is 12.2. The van der Waals surface area contributed by atoms with Gasteiger partial charge >= 0.3 is 6.09 Å². The molecule has 0 atom stereocenters. The number of aryl methyl sites for hydroxylation is 2. The Hall–Kier alpha value is -1.36. The van der Waals surface area contributed by atoms with E-state index in [1.165, 1.54) is 4.88 Å². The quantitative estimate of drug-likeness (QED) is 0.857. The van der Waals surface area contributed by atoms with Crippen LogP contribution in [0.1, 0.15) is 42.8 Å². The van der Waals surface area contributed by atoms with Crippen LogP contribution in [-0.2, 0) is 4.74 Å². The van der Waals surface area contributed by atoms with Crippen LogP contribution in [0, 0.1) is 13.8 Å². The first kappa shape index (κ1) is 15.7. The molecule has 0 saturated heterocycles. The van der Waals surface area contributed by atoms with Crippen LogP contribution < -0.4 is 5.32 Å². The second kappa shape index (κ2) is 6.70. The minimum Gasteiger partial charge on any atom is -0.444 e. The Bertz CT molecular complexity index is 459. The fourth-order valence-corrected chi connectivity index (χ4v) is 2.32. The molecule has 106 valence electrons. The summed E-state index contributed by atoms with van der Waals surface area (Å²) in [7, 11) is 0. The largest absolute Gasteiger partial charge is 0.444 e. The monoisotopic (exact) mass is 282 g/mol. The van der Waals surface area contributed by atoms with E-state index in [1.807, 2.05) is 40.7 Å². The summed E-state index contributed by atoms with van der Waals surface area (Å²) in [6.07, 6.45) is 4.50. The number of hydrogen-bond acceptors (Lipinski definition) is 4. The lowest BCUT2D eigenvalue weighted by Gasteiger charge is -2.19. The van der Waals surface area contributed by atoms with Crippen LogP contribution in [0.4, 0.5) is 4.79 Å². The van der Waals surface area contributed by atoms with Gasteiger partial charge in [0, 0.05) is 11.4 Å². The molecule has 0 aliphatic rings. The van der Waals surface area contributed by atoms with Crippen molar-refractivity contribution in [2.45, 2.75) is 46.6 Å². The van der Waals surface area contributed by atoms with Crippen LogP contribution in [0.2, 0.25) is 0 Å². The summed E-state index contributed by atoms with van der Waals surface area (Å²) in [6, 6.07) is 0. The van der Waals surface area contributed by atoms with Gasteiger partial charge in [0.25, 0.3) is 0 Å². The summed E-state index contributed by atoms with van der Waals surface area (Å²) < 4.78 is 5.14. The molecule has 0 aliphatic carbocycles. The molecule has 1 rings (SSSR count). The van der Waals surface area contributed by atoms with E-state index in [0.717, 1.165) is 17.1 Å². The minimum absolute atomic E-state index is 0.370. The highest BCUT2D eigenvalue weighted by Crippen LogP contribution is 2.18. The molecule has 1 aromatic heterocycles. The minimum atomic E-state index is -0.447. The molecule has 1 heterocycles. The van der Waals surface area contributed by atoms with E-state index in [2.05, 4.69) is 16.4 Å². The Labute approximate surface area is 118 Å². The Morgan fingerprint density at radius 1 is 1.42 bits per heavy atom. The highest BCUT2D eigenvalue weighted by Gasteiger charge is 2.15. The summed E-state index contributed by atoms with van der Waals surface area (Å²) in [5.41, 5.74) is 0.607. The first-order valence-corrected chi connectivity index (χ1v) is 7.17. The van der Waals surface area contributed by atoms with Crippen LogP contribution in [0.25, 0.3) is 6.08 Å². The van der Waals surface area contributed by atoms with Gasteiger partial charge in [0.15, 0.2) is 0 Å². The Morgan fingerprint density at radius 3 is 2.63 bits per heavy atom. The summed E-state index contributed by atoms with van der Waals surface area (Å²) >= 11 is 1.68. The van der Waals surface area contributed by atoms with E-state index in [9.17, 15) is 4.79 Å². The number of alkyl carbamates (subject to hydrolysis) is 1. The molecule has 0 radical (unpaired) electrons. The number of nitrogens with one attached hydrogen (secondary N) is 1. The molecule has 1 aromatic rings. The maximum atomic E-state index is 11.4. The molecule has 0 saturated carbocycles. The average molecular weight is 282 g/mol. The van der Waals surface area contributed by atoms with Gasteiger partial charge in [-0.15, -0.1) is 11.3 Å². The van der Waals surface area contributed by atoms with Gasteiger partial charge in [-0.25, -0.2) is 9.78 Å². The third kappa shape index (κ3) is 6.38. The summed E-state index contributed by atoms with van der Waals surface area (Å²) in [5.74, 6) is 0. The number of hydrogen-bond donors (Lipinski definition) is 1. The lowest BCUT2D eigenvalue weighted by atomic mass is 10.2. The molecule has 1 N–H and O–H groups in total. The predicted octanol–water partition coefficient (Wildman–Crippen LogP) is 3.69. The molecule has 0 aliphatic heterocycles. The molecule has 0 fully saturated rings. The summed E-state index contributed by atoms with van der Waals surface area (Å²) in [5, 5.41) is 3.79. The number of carbonyl (C=O) groups is 1. The van der Waals surface area contributed by atoms with Crippen molar-refractivity contribution in [2.75, 3.05) is 6.54 Å². The van der Waals surface area contributed by atoms with Gasteiger partial charge in [-0.05, 0) is 47.1 Å². The van der Waals surface area contributed by atoms with Crippen LogP contribution in [0.5, 0.6) is 0 Å². The SMILES string of the molecule is Cc1nc(C)c(C=CCCNC(=O)OC(C)(C)C)s1. The van der Waals surface area contributed by atoms with Crippen molar-refractivity contribution in [1.29, 1.82) is 0 Å². The highest BCUT2D eigenvalue weighted by molar-refractivity contribution is 7.12. The average Bonchev–Trinajstić information content (AvgIpc) is 2.54. The molecular formula is C14H22N2O2S. The van der Waals surface area contributed by atoms with Crippen LogP contribution in [0.15, 0.2) is 6.08 Å². The topological polar surface area (TPSA) is 51.2 Å². The van der Waals surface area contributed by atoms with Crippen molar-refractivity contribution in [3.05, 3.63) is 21.7 Å². The molecule has 19 heavy (non-hydrogen) atoms. The summed E-state index contributed by atoms with van der Waals surface area (Å²) in [4.78, 5) is 16.9. The molecule has 5 heteroatoms. The van der Waals surface area contributed by atoms with Crippen molar-refractivity contribution in [1.82, 2.24) is 10.3 Å². The van der Waals surface area contributed by atoms with E-state index in [0.29, 0.717) is 6.54 Å². The number of carbonyl (C=O) groups excluding carboxylic acids is 1. The number of thiazole rings is 1. The number of amides is 1. The number of nitrogens with zero attached hydrogens (tertiary/aromatic N) is 1. The maximum absolute atomic E-state index is 11.4. The molecule has 0 aromatic carbocycles. The maximum Gasteiger partial charge on any atom is 0.407 e. The number of aromatic nitrogens is 1. The van der Waals surface area contributed by atoms with Crippen LogP contribution in [-0.4, -0.2) is 23.2 Å². The standard InChI is InChI=1S/C14H22N2O2S/c1-10-12(19-11(2)16-10)8-6-7-9-15-13(17)18-14(3,4)5/h6,8H,7,9H2,1-5H3,(H,15,17). The molecule has 4 nitrogen and oxygen atoms in total. The molecule has 0 unspecified atom stereocenters. The van der Waals surface area contributed by atoms with Crippen molar-refractivity contribution in [2.24, 2.45) is 0 Å². The lowest BCUT2D eigenvalue weighted by Crippen LogP contribution is -2.32. The lowest BCUT2D eigenvalue weighted by molar-refractivity contribution is 0.0529. The smallest absolute Gasteiger partial charge is 0.407 e. The highest BCUT2D eigenvalue weighted by atomic mass is 32.1. The van der Waals surface area contributed by atoms with Gasteiger partial charge in [0.05, 0.1) is 10.7 Å². The normalized spacial score (nSPS) is 11.8. The molecule has 0 spiro atoms. The first-order chi connectivity index (χ1) is 8.78. The van der Waals surface area contributed by atoms with Gasteiger partial charge in [0.2, 0.25) is 0 Å². The number of rotatable bonds is 4. The predicted molar refractivity (Wildman–Crippen MR) is 79.5 cm³/mol. The van der Waals surface area contributed by atoms with E-state index >= 15 is 0 Å². The number of ether oxygens (including phenoxy) is 1. The third-order valence-electron chi connectivity index (χ3n) is 2.19. The van der Waals surface area contributed by atoms with Crippen molar-refractivity contribution in [3.8, 4) is 0 Å². The summed E-state index contributed by atoms with van der Waals surface area (Å²) in [6.45, 7) is 10.1. The fourth-order valence-electron chi connectivity index (χ4n) is 1.46. The van der Waals surface area contributed by atoms with Gasteiger partial charge in [0.1, 0.15) is 5.60 Å². The zero-order chi connectivity index (χ0) is 14.5. The van der Waals surface area contributed by atoms with Gasteiger partial charge in [-0.1, -0.05) is 6.08 Å². The second-order valence-electron chi connectivity index (χ2n) is 5.30. The first-order valence-electron chi connectivity index (χ1n) is 6.35. The van der Waals surface area contributed by atoms with Crippen LogP contribution >= 0.6 is 11.3 Å². The van der Waals surface area contributed by atoms with Crippen molar-refractivity contribution in [3.63, 3.8) is 0 Å². The second-order valence-corrected chi connectivity index (χ2v) is 6.54. The van der Waals surface area contributed by atoms with Gasteiger partial charge < -0.3 is 10.1 Å². The fraction of sp³-hybridized carbons (Fsp3) is 0.571. The van der Waals surface area contributed by atoms with E-state index < -0.39 is 5.60 Å². The zero-order valence-corrected chi connectivity index (χ0v) is 13.1. The van der Waals surface area contributed by atoms with E-state index in [-0.39, 0.29) is 6.09 Å². The van der Waals surface area contributed by atoms with Crippen LogP contribution in [0.3, 0.4) is 0 Å². The van der Waals surface area contributed by atoms with Crippen molar-refractivity contribution < 1.29 is 9.53 Å². The Balaban J connectivity index is 2.28. The van der Waals surface area contributed by atoms with E-state index in [4.69, 9.17) is 4.74 Å². The van der Waals surface area contributed by atoms with E-state index in [1.54, 1.807) is 11.3 Å². The van der Waals surface area contributed by atoms with Crippen molar-refractivity contribution >= 4 is 23.5 Å². The van der Waals surface area contributed by atoms with Gasteiger partial charge in [-0.3, -0.25) is 0 Å². The Morgan fingerprint density at radius 2 is 2.11 bits per heavy atom. The Kier molecular flexibility index (Phi) is 5.54. The molecule has 1 amide bonds. The molecular weight excluding hydrogens is 260 g/mol.